The monoisotopic (exact) mass is 406 g/mol. The van der Waals surface area contributed by atoms with Crippen LogP contribution < -0.4 is 11.1 Å². The Balaban J connectivity index is 1.63. The van der Waals surface area contributed by atoms with Gasteiger partial charge in [0.1, 0.15) is 6.04 Å². The van der Waals surface area contributed by atoms with Crippen molar-refractivity contribution < 1.29 is 28.0 Å². The third-order valence-corrected chi connectivity index (χ3v) is 5.68. The molecule has 0 bridgehead atoms. The second kappa shape index (κ2) is 6.96. The van der Waals surface area contributed by atoms with Gasteiger partial charge in [-0.25, -0.2) is 8.78 Å². The Hall–Kier alpha value is -2.72. The summed E-state index contributed by atoms with van der Waals surface area (Å²) >= 11 is 0. The number of amides is 4. The van der Waals surface area contributed by atoms with Gasteiger partial charge in [0, 0.05) is 32.0 Å². The summed E-state index contributed by atoms with van der Waals surface area (Å²) in [5, 5.41) is 2.14. The Morgan fingerprint density at radius 2 is 1.93 bits per heavy atom. The van der Waals surface area contributed by atoms with Crippen molar-refractivity contribution in [1.29, 1.82) is 0 Å². The van der Waals surface area contributed by atoms with Crippen LogP contribution >= 0.6 is 0 Å². The SMILES string of the molecule is NC[C@@H]1CC(F)(F)CN1Cc1cccc2c1C(=O)N(C1CCC(=O)NC1=O)C2=O. The summed E-state index contributed by atoms with van der Waals surface area (Å²) < 4.78 is 27.7. The molecule has 3 N–H and O–H groups in total. The number of likely N-dealkylation sites (tertiary alicyclic amines) is 1. The van der Waals surface area contributed by atoms with Crippen LogP contribution in [0.4, 0.5) is 8.78 Å². The highest BCUT2D eigenvalue weighted by Crippen LogP contribution is 2.35. The summed E-state index contributed by atoms with van der Waals surface area (Å²) in [6.45, 7) is -0.375. The van der Waals surface area contributed by atoms with Gasteiger partial charge < -0.3 is 5.73 Å². The fourth-order valence-corrected chi connectivity index (χ4v) is 4.32. The fraction of sp³-hybridized carbons (Fsp3) is 0.474. The van der Waals surface area contributed by atoms with E-state index in [1.54, 1.807) is 12.1 Å². The van der Waals surface area contributed by atoms with Crippen LogP contribution in [0.3, 0.4) is 0 Å². The molecule has 0 saturated carbocycles. The minimum absolute atomic E-state index is 0.0255. The minimum Gasteiger partial charge on any atom is -0.329 e. The van der Waals surface area contributed by atoms with Gasteiger partial charge in [-0.1, -0.05) is 12.1 Å². The Morgan fingerprint density at radius 1 is 1.17 bits per heavy atom. The number of rotatable bonds is 4. The highest BCUT2D eigenvalue weighted by Gasteiger charge is 2.47. The van der Waals surface area contributed by atoms with Gasteiger partial charge in [0.05, 0.1) is 17.7 Å². The molecule has 2 atom stereocenters. The van der Waals surface area contributed by atoms with Crippen molar-refractivity contribution in [1.82, 2.24) is 15.1 Å². The van der Waals surface area contributed by atoms with Gasteiger partial charge in [-0.2, -0.15) is 0 Å². The number of halogens is 2. The number of carbonyl (C=O) groups excluding carboxylic acids is 4. The maximum Gasteiger partial charge on any atom is 0.262 e. The summed E-state index contributed by atoms with van der Waals surface area (Å²) in [5.41, 5.74) is 6.32. The van der Waals surface area contributed by atoms with E-state index in [0.29, 0.717) is 5.56 Å². The van der Waals surface area contributed by atoms with Crippen molar-refractivity contribution in [3.05, 3.63) is 34.9 Å². The van der Waals surface area contributed by atoms with Gasteiger partial charge in [0.15, 0.2) is 0 Å². The minimum atomic E-state index is -2.86. The number of benzene rings is 1. The summed E-state index contributed by atoms with van der Waals surface area (Å²) in [7, 11) is 0. The maximum atomic E-state index is 13.8. The number of hydrogen-bond donors (Lipinski definition) is 2. The number of nitrogens with zero attached hydrogens (tertiary/aromatic N) is 2. The van der Waals surface area contributed by atoms with Gasteiger partial charge in [0.25, 0.3) is 17.7 Å². The number of nitrogens with one attached hydrogen (secondary N) is 1. The molecule has 1 aromatic rings. The number of nitrogens with two attached hydrogens (primary N) is 1. The average Bonchev–Trinajstić information content (AvgIpc) is 3.09. The lowest BCUT2D eigenvalue weighted by molar-refractivity contribution is -0.136. The summed E-state index contributed by atoms with van der Waals surface area (Å²) in [6.07, 6.45) is -0.273. The zero-order chi connectivity index (χ0) is 20.9. The van der Waals surface area contributed by atoms with Crippen molar-refractivity contribution in [3.8, 4) is 0 Å². The molecule has 2 fully saturated rings. The number of alkyl halides is 2. The second-order valence-electron chi connectivity index (χ2n) is 7.64. The molecular formula is C19H20F2N4O4. The standard InChI is InChI=1S/C19H20F2N4O4/c20-19(21)6-11(7-22)24(9-19)8-10-2-1-3-12-15(10)18(29)25(17(12)28)13-4-5-14(26)23-16(13)27/h1-3,11,13H,4-9,22H2,(H,23,26,27)/t11-,13?/m0/s1. The van der Waals surface area contributed by atoms with Crippen LogP contribution in [0.2, 0.25) is 0 Å². The van der Waals surface area contributed by atoms with Crippen molar-refractivity contribution in [3.63, 3.8) is 0 Å². The number of hydrogen-bond acceptors (Lipinski definition) is 6. The van der Waals surface area contributed by atoms with Crippen LogP contribution in [0, 0.1) is 0 Å². The lowest BCUT2D eigenvalue weighted by Crippen LogP contribution is -2.54. The van der Waals surface area contributed by atoms with E-state index in [1.165, 1.54) is 11.0 Å². The number of fused-ring (bicyclic) bond motifs is 1. The van der Waals surface area contributed by atoms with Crippen LogP contribution in [0.1, 0.15) is 45.5 Å². The van der Waals surface area contributed by atoms with Crippen LogP contribution in [0.15, 0.2) is 18.2 Å². The first kappa shape index (κ1) is 19.6. The maximum absolute atomic E-state index is 13.8. The zero-order valence-corrected chi connectivity index (χ0v) is 15.5. The Morgan fingerprint density at radius 3 is 2.62 bits per heavy atom. The highest BCUT2D eigenvalue weighted by atomic mass is 19.3. The van der Waals surface area contributed by atoms with Gasteiger partial charge in [-0.15, -0.1) is 0 Å². The topological polar surface area (TPSA) is 113 Å². The van der Waals surface area contributed by atoms with E-state index in [-0.39, 0.29) is 43.5 Å². The quantitative estimate of drug-likeness (QED) is 0.694. The normalized spacial score (nSPS) is 26.8. The molecule has 4 rings (SSSR count). The van der Waals surface area contributed by atoms with E-state index in [0.717, 1.165) is 4.90 Å². The smallest absolute Gasteiger partial charge is 0.262 e. The van der Waals surface area contributed by atoms with Crippen molar-refractivity contribution in [2.24, 2.45) is 5.73 Å². The molecule has 1 aromatic carbocycles. The molecule has 29 heavy (non-hydrogen) atoms. The largest absolute Gasteiger partial charge is 0.329 e. The van der Waals surface area contributed by atoms with Crippen LogP contribution in [0.5, 0.6) is 0 Å². The lowest BCUT2D eigenvalue weighted by Gasteiger charge is -2.28. The fourth-order valence-electron chi connectivity index (χ4n) is 4.32. The first-order valence-electron chi connectivity index (χ1n) is 9.37. The predicted molar refractivity (Wildman–Crippen MR) is 95.9 cm³/mol. The number of carbonyl (C=O) groups is 4. The molecule has 1 unspecified atom stereocenters. The molecule has 4 amide bonds. The van der Waals surface area contributed by atoms with Crippen LogP contribution in [-0.2, 0) is 16.1 Å². The molecule has 3 aliphatic rings. The molecule has 3 aliphatic heterocycles. The summed E-state index contributed by atoms with van der Waals surface area (Å²) in [5.74, 6) is -5.28. The van der Waals surface area contributed by atoms with E-state index in [9.17, 15) is 28.0 Å². The summed E-state index contributed by atoms with van der Waals surface area (Å²) in [4.78, 5) is 51.8. The van der Waals surface area contributed by atoms with Crippen molar-refractivity contribution in [2.45, 2.75) is 43.8 Å². The lowest BCUT2D eigenvalue weighted by atomic mass is 10.0. The Labute approximate surface area is 165 Å². The van der Waals surface area contributed by atoms with Gasteiger partial charge in [0.2, 0.25) is 11.8 Å². The molecular weight excluding hydrogens is 386 g/mol. The molecule has 0 spiro atoms. The average molecular weight is 406 g/mol. The first-order chi connectivity index (χ1) is 13.7. The highest BCUT2D eigenvalue weighted by molar-refractivity contribution is 6.24. The Bertz CT molecular complexity index is 919. The molecule has 0 aliphatic carbocycles. The number of piperidine rings is 1. The molecule has 0 aromatic heterocycles. The molecule has 154 valence electrons. The molecule has 2 saturated heterocycles. The van der Waals surface area contributed by atoms with E-state index < -0.39 is 48.2 Å². The predicted octanol–water partition coefficient (Wildman–Crippen LogP) is 0.256. The van der Waals surface area contributed by atoms with E-state index in [4.69, 9.17) is 5.73 Å². The molecule has 8 nitrogen and oxygen atoms in total. The third-order valence-electron chi connectivity index (χ3n) is 5.68. The zero-order valence-electron chi connectivity index (χ0n) is 15.5. The van der Waals surface area contributed by atoms with E-state index in [1.807, 2.05) is 0 Å². The van der Waals surface area contributed by atoms with Gasteiger partial charge >= 0.3 is 0 Å². The molecule has 3 heterocycles. The van der Waals surface area contributed by atoms with Crippen molar-refractivity contribution in [2.75, 3.05) is 13.1 Å². The van der Waals surface area contributed by atoms with Crippen LogP contribution in [0.25, 0.3) is 0 Å². The molecule has 10 heteroatoms. The van der Waals surface area contributed by atoms with Crippen LogP contribution in [-0.4, -0.2) is 64.5 Å². The molecule has 0 radical (unpaired) electrons. The number of imide groups is 2. The third kappa shape index (κ3) is 3.32. The van der Waals surface area contributed by atoms with E-state index in [2.05, 4.69) is 5.32 Å². The summed E-state index contributed by atoms with van der Waals surface area (Å²) in [6, 6.07) is 3.07. The van der Waals surface area contributed by atoms with Crippen molar-refractivity contribution >= 4 is 23.6 Å². The Kier molecular flexibility index (Phi) is 4.70. The second-order valence-corrected chi connectivity index (χ2v) is 7.64. The first-order valence-corrected chi connectivity index (χ1v) is 9.37. The van der Waals surface area contributed by atoms with E-state index >= 15 is 0 Å². The van der Waals surface area contributed by atoms with Gasteiger partial charge in [-0.3, -0.25) is 34.3 Å². The van der Waals surface area contributed by atoms with Gasteiger partial charge in [-0.05, 0) is 18.1 Å².